The Hall–Kier alpha value is -1.38. The number of rotatable bonds is 5. The van der Waals surface area contributed by atoms with Crippen LogP contribution in [-0.4, -0.2) is 7.05 Å². The van der Waals surface area contributed by atoms with E-state index in [2.05, 4.69) is 43.4 Å². The van der Waals surface area contributed by atoms with Gasteiger partial charge in [0.05, 0.1) is 11.1 Å². The molecule has 0 fully saturated rings. The van der Waals surface area contributed by atoms with Gasteiger partial charge in [0.15, 0.2) is 0 Å². The summed E-state index contributed by atoms with van der Waals surface area (Å²) < 4.78 is 13.3. The van der Waals surface area contributed by atoms with Gasteiger partial charge in [-0.05, 0) is 48.2 Å². The number of halogens is 2. The Morgan fingerprint density at radius 1 is 1.05 bits per heavy atom. The monoisotopic (exact) mass is 305 g/mol. The number of benzene rings is 2. The molecule has 0 saturated carbocycles. The van der Waals surface area contributed by atoms with Gasteiger partial charge in [-0.3, -0.25) is 0 Å². The van der Waals surface area contributed by atoms with E-state index in [9.17, 15) is 4.39 Å². The fraction of sp³-hybridized carbons (Fsp3) is 0.333. The third-order valence-electron chi connectivity index (χ3n) is 4.02. The predicted molar refractivity (Wildman–Crippen MR) is 87.5 cm³/mol. The lowest BCUT2D eigenvalue weighted by atomic mass is 9.94. The van der Waals surface area contributed by atoms with Crippen LogP contribution in [0.25, 0.3) is 0 Å². The first-order valence-corrected chi connectivity index (χ1v) is 7.66. The maximum Gasteiger partial charge on any atom is 0.141 e. The van der Waals surface area contributed by atoms with E-state index in [-0.39, 0.29) is 16.9 Å². The van der Waals surface area contributed by atoms with Crippen LogP contribution in [0.5, 0.6) is 0 Å². The Bertz CT molecular complexity index is 595. The van der Waals surface area contributed by atoms with Crippen molar-refractivity contribution in [3.63, 3.8) is 0 Å². The molecular weight excluding hydrogens is 285 g/mol. The smallest absolute Gasteiger partial charge is 0.141 e. The second kappa shape index (κ2) is 7.06. The zero-order valence-electron chi connectivity index (χ0n) is 12.7. The molecule has 0 amide bonds. The van der Waals surface area contributed by atoms with Gasteiger partial charge in [0.2, 0.25) is 0 Å². The molecule has 0 aromatic heterocycles. The maximum atomic E-state index is 13.3. The van der Waals surface area contributed by atoms with Gasteiger partial charge in [-0.15, -0.1) is 0 Å². The minimum atomic E-state index is -0.387. The summed E-state index contributed by atoms with van der Waals surface area (Å²) in [6.45, 7) is 4.42. The van der Waals surface area contributed by atoms with Crippen LogP contribution in [0.15, 0.2) is 42.5 Å². The normalized spacial score (nSPS) is 14.0. The summed E-state index contributed by atoms with van der Waals surface area (Å²) in [5.74, 6) is 0.176. The van der Waals surface area contributed by atoms with E-state index >= 15 is 0 Å². The molecule has 2 aromatic carbocycles. The number of hydrogen-bond donors (Lipinski definition) is 1. The molecule has 0 bridgehead atoms. The highest BCUT2D eigenvalue weighted by Crippen LogP contribution is 2.27. The van der Waals surface area contributed by atoms with Gasteiger partial charge >= 0.3 is 0 Å². The van der Waals surface area contributed by atoms with Crippen LogP contribution in [0.3, 0.4) is 0 Å². The van der Waals surface area contributed by atoms with Crippen molar-refractivity contribution in [3.8, 4) is 0 Å². The Labute approximate surface area is 131 Å². The maximum absolute atomic E-state index is 13.3. The first kappa shape index (κ1) is 16.0. The van der Waals surface area contributed by atoms with E-state index < -0.39 is 0 Å². The Morgan fingerprint density at radius 2 is 1.62 bits per heavy atom. The fourth-order valence-corrected chi connectivity index (χ4v) is 2.66. The molecule has 2 aromatic rings. The first-order valence-electron chi connectivity index (χ1n) is 7.28. The second-order valence-electron chi connectivity index (χ2n) is 5.37. The molecule has 0 heterocycles. The van der Waals surface area contributed by atoms with Gasteiger partial charge in [0.1, 0.15) is 5.82 Å². The van der Waals surface area contributed by atoms with E-state index in [4.69, 9.17) is 11.6 Å². The first-order chi connectivity index (χ1) is 10.1. The zero-order valence-corrected chi connectivity index (χ0v) is 13.4. The molecule has 0 spiro atoms. The molecule has 1 N–H and O–H groups in total. The summed E-state index contributed by atoms with van der Waals surface area (Å²) in [6.07, 6.45) is 1.13. The van der Waals surface area contributed by atoms with Crippen LogP contribution >= 0.6 is 11.6 Å². The minimum absolute atomic E-state index is 0.00841. The third kappa shape index (κ3) is 3.63. The van der Waals surface area contributed by atoms with Crippen molar-refractivity contribution in [2.45, 2.75) is 32.2 Å². The molecule has 2 unspecified atom stereocenters. The molecule has 0 saturated heterocycles. The van der Waals surface area contributed by atoms with Gasteiger partial charge < -0.3 is 5.32 Å². The SMILES string of the molecule is CCC(C)c1ccc(C(NC)c2ccc(F)c(Cl)c2)cc1. The Morgan fingerprint density at radius 3 is 2.14 bits per heavy atom. The quantitative estimate of drug-likeness (QED) is 0.790. The average Bonchev–Trinajstić information content (AvgIpc) is 2.51. The van der Waals surface area contributed by atoms with Gasteiger partial charge in [-0.2, -0.15) is 0 Å². The summed E-state index contributed by atoms with van der Waals surface area (Å²) in [5, 5.41) is 3.42. The molecule has 0 aliphatic carbocycles. The van der Waals surface area contributed by atoms with Crippen LogP contribution in [-0.2, 0) is 0 Å². The van der Waals surface area contributed by atoms with Gasteiger partial charge in [-0.1, -0.05) is 55.8 Å². The summed E-state index contributed by atoms with van der Waals surface area (Å²) in [5.41, 5.74) is 3.45. The lowest BCUT2D eigenvalue weighted by Crippen LogP contribution is -2.17. The molecule has 2 rings (SSSR count). The van der Waals surface area contributed by atoms with Crippen molar-refractivity contribution in [1.29, 1.82) is 0 Å². The van der Waals surface area contributed by atoms with E-state index in [1.807, 2.05) is 7.05 Å². The predicted octanol–water partition coefficient (Wildman–Crippen LogP) is 5.30. The molecule has 0 radical (unpaired) electrons. The van der Waals surface area contributed by atoms with E-state index in [0.717, 1.165) is 17.5 Å². The second-order valence-corrected chi connectivity index (χ2v) is 5.78. The van der Waals surface area contributed by atoms with Crippen LogP contribution < -0.4 is 5.32 Å². The van der Waals surface area contributed by atoms with Crippen molar-refractivity contribution < 1.29 is 4.39 Å². The summed E-state index contributed by atoms with van der Waals surface area (Å²) in [7, 11) is 1.89. The molecule has 2 atom stereocenters. The summed E-state index contributed by atoms with van der Waals surface area (Å²) >= 11 is 5.89. The average molecular weight is 306 g/mol. The standard InChI is InChI=1S/C18H21ClFN/c1-4-12(2)13-5-7-14(8-6-13)18(21-3)15-9-10-17(20)16(19)11-15/h5-12,18,21H,4H2,1-3H3. The minimum Gasteiger partial charge on any atom is -0.309 e. The number of hydrogen-bond acceptors (Lipinski definition) is 1. The van der Waals surface area contributed by atoms with E-state index in [1.165, 1.54) is 11.6 Å². The van der Waals surface area contributed by atoms with Crippen molar-refractivity contribution in [2.75, 3.05) is 7.05 Å². The lowest BCUT2D eigenvalue weighted by molar-refractivity contribution is 0.624. The Kier molecular flexibility index (Phi) is 5.38. The highest BCUT2D eigenvalue weighted by atomic mass is 35.5. The van der Waals surface area contributed by atoms with E-state index in [0.29, 0.717) is 5.92 Å². The van der Waals surface area contributed by atoms with Crippen molar-refractivity contribution in [1.82, 2.24) is 5.32 Å². The largest absolute Gasteiger partial charge is 0.309 e. The van der Waals surface area contributed by atoms with Crippen LogP contribution in [0.4, 0.5) is 4.39 Å². The van der Waals surface area contributed by atoms with Crippen LogP contribution in [0.2, 0.25) is 5.02 Å². The fourth-order valence-electron chi connectivity index (χ4n) is 2.47. The molecule has 3 heteroatoms. The van der Waals surface area contributed by atoms with E-state index in [1.54, 1.807) is 12.1 Å². The zero-order chi connectivity index (χ0) is 15.4. The highest BCUT2D eigenvalue weighted by Gasteiger charge is 2.14. The molecule has 21 heavy (non-hydrogen) atoms. The molecule has 1 nitrogen and oxygen atoms in total. The molecular formula is C18H21ClFN. The van der Waals surface area contributed by atoms with Crippen LogP contribution in [0, 0.1) is 5.82 Å². The number of nitrogens with one attached hydrogen (secondary N) is 1. The third-order valence-corrected chi connectivity index (χ3v) is 4.31. The highest BCUT2D eigenvalue weighted by molar-refractivity contribution is 6.30. The summed E-state index contributed by atoms with van der Waals surface area (Å²) in [4.78, 5) is 0. The van der Waals surface area contributed by atoms with Crippen molar-refractivity contribution in [2.24, 2.45) is 0 Å². The summed E-state index contributed by atoms with van der Waals surface area (Å²) in [6, 6.07) is 13.5. The van der Waals surface area contributed by atoms with Gasteiger partial charge in [0.25, 0.3) is 0 Å². The van der Waals surface area contributed by atoms with Crippen molar-refractivity contribution in [3.05, 3.63) is 70.0 Å². The van der Waals surface area contributed by atoms with Crippen LogP contribution in [0.1, 0.15) is 48.9 Å². The topological polar surface area (TPSA) is 12.0 Å². The van der Waals surface area contributed by atoms with Gasteiger partial charge in [-0.25, -0.2) is 4.39 Å². The van der Waals surface area contributed by atoms with Crippen molar-refractivity contribution >= 4 is 11.6 Å². The molecule has 0 aliphatic heterocycles. The lowest BCUT2D eigenvalue weighted by Gasteiger charge is -2.19. The molecule has 0 aliphatic rings. The molecule has 112 valence electrons. The Balaban J connectivity index is 2.30. The van der Waals surface area contributed by atoms with Gasteiger partial charge in [0, 0.05) is 0 Å².